The molecule has 2 amide bonds. The van der Waals surface area contributed by atoms with E-state index >= 15 is 0 Å². The van der Waals surface area contributed by atoms with E-state index in [0.717, 1.165) is 17.7 Å². The van der Waals surface area contributed by atoms with Crippen LogP contribution in [0.25, 0.3) is 0 Å². The molecule has 0 saturated carbocycles. The van der Waals surface area contributed by atoms with Crippen molar-refractivity contribution in [2.75, 3.05) is 31.5 Å². The van der Waals surface area contributed by atoms with Crippen LogP contribution in [-0.2, 0) is 4.79 Å². The molecule has 2 aromatic rings. The molecule has 28 heavy (non-hydrogen) atoms. The smallest absolute Gasteiger partial charge is 0.272 e. The monoisotopic (exact) mass is 381 g/mol. The van der Waals surface area contributed by atoms with Gasteiger partial charge < -0.3 is 15.1 Å². The minimum absolute atomic E-state index is 0.132. The Bertz CT molecular complexity index is 873. The van der Waals surface area contributed by atoms with Crippen LogP contribution in [0.1, 0.15) is 47.2 Å². The molecule has 3 rings (SSSR count). The number of piperazine rings is 1. The third-order valence-electron chi connectivity index (χ3n) is 4.99. The van der Waals surface area contributed by atoms with Crippen molar-refractivity contribution >= 4 is 23.8 Å². The van der Waals surface area contributed by atoms with Crippen molar-refractivity contribution < 1.29 is 9.59 Å². The van der Waals surface area contributed by atoms with Crippen LogP contribution in [0.4, 0.5) is 11.5 Å². The van der Waals surface area contributed by atoms with E-state index in [1.54, 1.807) is 22.8 Å². The summed E-state index contributed by atoms with van der Waals surface area (Å²) in [5, 5.41) is 3.40. The van der Waals surface area contributed by atoms with Crippen molar-refractivity contribution in [2.24, 2.45) is 0 Å². The Morgan fingerprint density at radius 1 is 1.14 bits per heavy atom. The van der Waals surface area contributed by atoms with E-state index in [0.29, 0.717) is 49.4 Å². The van der Waals surface area contributed by atoms with Crippen molar-refractivity contribution in [2.45, 2.75) is 33.6 Å². The molecular weight excluding hydrogens is 354 g/mol. The summed E-state index contributed by atoms with van der Waals surface area (Å²) in [4.78, 5) is 36.0. The van der Waals surface area contributed by atoms with Crippen molar-refractivity contribution in [3.05, 3.63) is 46.9 Å². The second kappa shape index (κ2) is 8.37. The van der Waals surface area contributed by atoms with Gasteiger partial charge in [0.15, 0.2) is 0 Å². The molecule has 148 valence electrons. The van der Waals surface area contributed by atoms with Crippen molar-refractivity contribution in [3.8, 4) is 0 Å². The molecule has 0 unspecified atom stereocenters. The molecule has 0 bridgehead atoms. The standard InChI is InChI=1S/C21H27N5O2/c1-14(2)17-7-5-6-15(3)20(17)24-19-12-18(22-16(4)23-19)21(28)26-10-8-25(13-27)9-11-26/h5-7,12-14H,8-11H2,1-4H3,(H,22,23,24). The first kappa shape index (κ1) is 19.8. The summed E-state index contributed by atoms with van der Waals surface area (Å²) < 4.78 is 0. The van der Waals surface area contributed by atoms with Gasteiger partial charge in [0.25, 0.3) is 5.91 Å². The van der Waals surface area contributed by atoms with E-state index in [-0.39, 0.29) is 5.91 Å². The first-order valence-corrected chi connectivity index (χ1v) is 9.60. The van der Waals surface area contributed by atoms with Gasteiger partial charge in [-0.05, 0) is 30.9 Å². The summed E-state index contributed by atoms with van der Waals surface area (Å²) in [6.07, 6.45) is 0.827. The average Bonchev–Trinajstić information content (AvgIpc) is 2.68. The number of benzene rings is 1. The van der Waals surface area contributed by atoms with Crippen LogP contribution in [0.15, 0.2) is 24.3 Å². The zero-order valence-corrected chi connectivity index (χ0v) is 16.9. The summed E-state index contributed by atoms with van der Waals surface area (Å²) in [5.74, 6) is 1.38. The Balaban J connectivity index is 1.85. The third-order valence-corrected chi connectivity index (χ3v) is 4.99. The molecule has 0 spiro atoms. The molecule has 0 aliphatic carbocycles. The number of amides is 2. The highest BCUT2D eigenvalue weighted by Gasteiger charge is 2.23. The minimum atomic E-state index is -0.132. The van der Waals surface area contributed by atoms with Gasteiger partial charge in [-0.1, -0.05) is 32.0 Å². The van der Waals surface area contributed by atoms with E-state index in [2.05, 4.69) is 54.3 Å². The largest absolute Gasteiger partial charge is 0.342 e. The lowest BCUT2D eigenvalue weighted by atomic mass is 9.98. The lowest BCUT2D eigenvalue weighted by molar-refractivity contribution is -0.119. The fraction of sp³-hybridized carbons (Fsp3) is 0.429. The summed E-state index contributed by atoms with van der Waals surface area (Å²) in [6, 6.07) is 7.92. The number of para-hydroxylation sites is 1. The molecule has 1 fully saturated rings. The number of rotatable bonds is 5. The Morgan fingerprint density at radius 2 is 1.86 bits per heavy atom. The first-order valence-electron chi connectivity index (χ1n) is 9.60. The van der Waals surface area contributed by atoms with Crippen molar-refractivity contribution in [1.82, 2.24) is 19.8 Å². The maximum atomic E-state index is 12.9. The van der Waals surface area contributed by atoms with Gasteiger partial charge in [0.05, 0.1) is 0 Å². The molecule has 7 nitrogen and oxygen atoms in total. The lowest BCUT2D eigenvalue weighted by Crippen LogP contribution is -2.48. The third kappa shape index (κ3) is 4.30. The molecule has 1 aromatic carbocycles. The van der Waals surface area contributed by atoms with E-state index in [4.69, 9.17) is 0 Å². The number of hydrogen-bond donors (Lipinski definition) is 1. The predicted molar refractivity (Wildman–Crippen MR) is 109 cm³/mol. The van der Waals surface area contributed by atoms with E-state index in [9.17, 15) is 9.59 Å². The van der Waals surface area contributed by atoms with Crippen LogP contribution in [0.3, 0.4) is 0 Å². The number of nitrogens with zero attached hydrogens (tertiary/aromatic N) is 4. The number of aryl methyl sites for hydroxylation is 2. The number of anilines is 2. The van der Waals surface area contributed by atoms with Gasteiger partial charge in [0.1, 0.15) is 17.3 Å². The minimum Gasteiger partial charge on any atom is -0.342 e. The molecule has 2 heterocycles. The summed E-state index contributed by atoms with van der Waals surface area (Å²) in [5.41, 5.74) is 3.72. The van der Waals surface area contributed by atoms with E-state index < -0.39 is 0 Å². The normalized spacial score (nSPS) is 14.3. The Kier molecular flexibility index (Phi) is 5.92. The zero-order chi connectivity index (χ0) is 20.3. The van der Waals surface area contributed by atoms with Gasteiger partial charge in [-0.25, -0.2) is 9.97 Å². The number of carbonyl (C=O) groups excluding carboxylic acids is 2. The quantitative estimate of drug-likeness (QED) is 0.806. The van der Waals surface area contributed by atoms with Crippen LogP contribution in [0.2, 0.25) is 0 Å². The highest BCUT2D eigenvalue weighted by Crippen LogP contribution is 2.30. The second-order valence-corrected chi connectivity index (χ2v) is 7.44. The Labute approximate surface area is 165 Å². The number of hydrogen-bond acceptors (Lipinski definition) is 5. The zero-order valence-electron chi connectivity index (χ0n) is 16.9. The fourth-order valence-electron chi connectivity index (χ4n) is 3.40. The molecule has 0 atom stereocenters. The topological polar surface area (TPSA) is 78.4 Å². The van der Waals surface area contributed by atoms with Gasteiger partial charge in [0.2, 0.25) is 6.41 Å². The summed E-state index contributed by atoms with van der Waals surface area (Å²) in [6.45, 7) is 10.3. The highest BCUT2D eigenvalue weighted by molar-refractivity contribution is 5.93. The first-order chi connectivity index (χ1) is 13.4. The molecule has 1 aromatic heterocycles. The molecule has 7 heteroatoms. The SMILES string of the molecule is Cc1nc(Nc2c(C)cccc2C(C)C)cc(C(=O)N2CCN(C=O)CC2)n1. The van der Waals surface area contributed by atoms with Crippen LogP contribution in [0.5, 0.6) is 0 Å². The second-order valence-electron chi connectivity index (χ2n) is 7.44. The average molecular weight is 381 g/mol. The van der Waals surface area contributed by atoms with E-state index in [1.165, 1.54) is 5.56 Å². The Hall–Kier alpha value is -2.96. The summed E-state index contributed by atoms with van der Waals surface area (Å²) in [7, 11) is 0. The lowest BCUT2D eigenvalue weighted by Gasteiger charge is -2.32. The summed E-state index contributed by atoms with van der Waals surface area (Å²) >= 11 is 0. The molecule has 1 aliphatic heterocycles. The van der Waals surface area contributed by atoms with Crippen LogP contribution < -0.4 is 5.32 Å². The van der Waals surface area contributed by atoms with E-state index in [1.807, 2.05) is 0 Å². The van der Waals surface area contributed by atoms with Gasteiger partial charge in [0, 0.05) is 37.9 Å². The van der Waals surface area contributed by atoms with Crippen molar-refractivity contribution in [1.29, 1.82) is 0 Å². The van der Waals surface area contributed by atoms with Gasteiger partial charge in [-0.3, -0.25) is 9.59 Å². The van der Waals surface area contributed by atoms with Gasteiger partial charge >= 0.3 is 0 Å². The van der Waals surface area contributed by atoms with Crippen LogP contribution in [-0.4, -0.2) is 58.3 Å². The fourth-order valence-corrected chi connectivity index (χ4v) is 3.40. The molecule has 1 saturated heterocycles. The van der Waals surface area contributed by atoms with Crippen LogP contribution in [0, 0.1) is 13.8 Å². The number of aromatic nitrogens is 2. The van der Waals surface area contributed by atoms with Crippen molar-refractivity contribution in [3.63, 3.8) is 0 Å². The molecular formula is C21H27N5O2. The maximum Gasteiger partial charge on any atom is 0.272 e. The predicted octanol–water partition coefficient (Wildman–Crippen LogP) is 2.87. The Morgan fingerprint density at radius 3 is 2.50 bits per heavy atom. The van der Waals surface area contributed by atoms with Gasteiger partial charge in [-0.2, -0.15) is 0 Å². The molecule has 1 aliphatic rings. The van der Waals surface area contributed by atoms with Crippen LogP contribution >= 0.6 is 0 Å². The highest BCUT2D eigenvalue weighted by atomic mass is 16.2. The molecule has 1 N–H and O–H groups in total. The van der Waals surface area contributed by atoms with Gasteiger partial charge in [-0.15, -0.1) is 0 Å². The number of nitrogens with one attached hydrogen (secondary N) is 1. The maximum absolute atomic E-state index is 12.9. The molecule has 0 radical (unpaired) electrons. The number of carbonyl (C=O) groups is 2.